The second-order valence-corrected chi connectivity index (χ2v) is 9.91. The summed E-state index contributed by atoms with van der Waals surface area (Å²) in [5, 5.41) is 0. The third-order valence-corrected chi connectivity index (χ3v) is 7.79. The van der Waals surface area contributed by atoms with Crippen molar-refractivity contribution < 1.29 is 2.74 Å². The van der Waals surface area contributed by atoms with E-state index in [1.54, 1.807) is 6.20 Å². The van der Waals surface area contributed by atoms with Crippen molar-refractivity contribution in [3.05, 3.63) is 146 Å². The number of benzene rings is 5. The van der Waals surface area contributed by atoms with Gasteiger partial charge in [0.25, 0.3) is 6.71 Å². The van der Waals surface area contributed by atoms with E-state index in [-0.39, 0.29) is 6.71 Å². The van der Waals surface area contributed by atoms with Crippen molar-refractivity contribution in [1.29, 1.82) is 0 Å². The summed E-state index contributed by atoms with van der Waals surface area (Å²) < 4.78 is 16.7. The van der Waals surface area contributed by atoms with Crippen molar-refractivity contribution in [3.8, 4) is 11.1 Å². The molecule has 0 unspecified atom stereocenters. The molecule has 3 heterocycles. The fourth-order valence-electron chi connectivity index (χ4n) is 6.19. The van der Waals surface area contributed by atoms with Crippen LogP contribution in [0.1, 0.15) is 2.74 Å². The van der Waals surface area contributed by atoms with E-state index in [0.717, 1.165) is 50.7 Å². The summed E-state index contributed by atoms with van der Waals surface area (Å²) >= 11 is 0. The third-order valence-electron chi connectivity index (χ3n) is 7.79. The SMILES string of the molecule is [2H]c1ccc(N2c3ccccc3B3c4cc([2H])ccc4N(c4ccccc4)c4cc(-c5cccnc5)cc2c43)cc1. The van der Waals surface area contributed by atoms with Crippen LogP contribution in [-0.2, 0) is 0 Å². The van der Waals surface area contributed by atoms with Crippen molar-refractivity contribution >= 4 is 57.2 Å². The van der Waals surface area contributed by atoms with E-state index in [1.807, 2.05) is 54.7 Å². The lowest BCUT2D eigenvalue weighted by atomic mass is 9.33. The van der Waals surface area contributed by atoms with E-state index in [2.05, 4.69) is 87.6 Å². The molecule has 0 bridgehead atoms. The molecule has 6 aromatic rings. The molecule has 5 aromatic carbocycles. The average molecular weight is 499 g/mol. The van der Waals surface area contributed by atoms with Crippen LogP contribution < -0.4 is 26.2 Å². The highest BCUT2D eigenvalue weighted by Gasteiger charge is 2.43. The van der Waals surface area contributed by atoms with Crippen molar-refractivity contribution in [1.82, 2.24) is 4.98 Å². The fourth-order valence-corrected chi connectivity index (χ4v) is 6.19. The molecule has 0 saturated heterocycles. The van der Waals surface area contributed by atoms with Crippen LogP contribution in [0, 0.1) is 0 Å². The number of rotatable bonds is 3. The normalized spacial score (nSPS) is 13.7. The second-order valence-electron chi connectivity index (χ2n) is 9.91. The first-order valence-corrected chi connectivity index (χ1v) is 13.2. The van der Waals surface area contributed by atoms with E-state index in [0.29, 0.717) is 12.1 Å². The van der Waals surface area contributed by atoms with E-state index in [9.17, 15) is 0 Å². The van der Waals surface area contributed by atoms with Gasteiger partial charge in [0.1, 0.15) is 0 Å². The van der Waals surface area contributed by atoms with Gasteiger partial charge >= 0.3 is 0 Å². The first-order chi connectivity index (χ1) is 20.2. The Labute approximate surface area is 231 Å². The average Bonchev–Trinajstić information content (AvgIpc) is 3.02. The summed E-state index contributed by atoms with van der Waals surface area (Å²) in [7, 11) is 0. The van der Waals surface area contributed by atoms with E-state index < -0.39 is 0 Å². The Morgan fingerprint density at radius 2 is 1.15 bits per heavy atom. The van der Waals surface area contributed by atoms with Gasteiger partial charge in [-0.05, 0) is 76.5 Å². The minimum absolute atomic E-state index is 0.0360. The Balaban J connectivity index is 1.51. The molecule has 0 amide bonds. The van der Waals surface area contributed by atoms with E-state index in [1.165, 1.54) is 10.9 Å². The monoisotopic (exact) mass is 499 g/mol. The van der Waals surface area contributed by atoms with Gasteiger partial charge in [-0.25, -0.2) is 0 Å². The minimum Gasteiger partial charge on any atom is -0.311 e. The van der Waals surface area contributed by atoms with E-state index in [4.69, 9.17) is 2.74 Å². The van der Waals surface area contributed by atoms with Crippen LogP contribution in [0.25, 0.3) is 11.1 Å². The van der Waals surface area contributed by atoms with Crippen molar-refractivity contribution in [2.45, 2.75) is 0 Å². The first-order valence-electron chi connectivity index (χ1n) is 14.2. The second kappa shape index (κ2) is 8.75. The number of aromatic nitrogens is 1. The maximum atomic E-state index is 8.60. The van der Waals surface area contributed by atoms with Gasteiger partial charge < -0.3 is 9.80 Å². The summed E-state index contributed by atoms with van der Waals surface area (Å²) in [6, 6.07) is 42.4. The van der Waals surface area contributed by atoms with Gasteiger partial charge in [-0.3, -0.25) is 4.98 Å². The zero-order valence-electron chi connectivity index (χ0n) is 23.1. The Morgan fingerprint density at radius 1 is 0.538 bits per heavy atom. The van der Waals surface area contributed by atoms with Gasteiger partial charge in [-0.15, -0.1) is 0 Å². The van der Waals surface area contributed by atoms with E-state index >= 15 is 0 Å². The fraction of sp³-hybridized carbons (Fsp3) is 0. The first kappa shape index (κ1) is 20.0. The Hall–Kier alpha value is -5.09. The number of pyridine rings is 1. The zero-order valence-corrected chi connectivity index (χ0v) is 21.1. The molecule has 39 heavy (non-hydrogen) atoms. The summed E-state index contributed by atoms with van der Waals surface area (Å²) in [6.07, 6.45) is 3.72. The lowest BCUT2D eigenvalue weighted by molar-refractivity contribution is 1.25. The summed E-state index contributed by atoms with van der Waals surface area (Å²) in [5.74, 6) is 0. The standard InChI is InChI=1S/C35H24BN3/c1-3-13-27(14-4-1)38-31-19-9-7-17-29(31)36-30-18-8-10-20-32(30)39(28-15-5-2-6-16-28)34-23-26(22-33(38)35(34)36)25-12-11-21-37-24-25/h1-24H/i1D,8D. The highest BCUT2D eigenvalue weighted by atomic mass is 15.2. The number of hydrogen-bond donors (Lipinski definition) is 0. The number of hydrogen-bond acceptors (Lipinski definition) is 3. The molecule has 2 aliphatic heterocycles. The molecular formula is C35H24BN3. The quantitative estimate of drug-likeness (QED) is 0.249. The molecule has 0 fully saturated rings. The lowest BCUT2D eigenvalue weighted by Gasteiger charge is -2.44. The van der Waals surface area contributed by atoms with Crippen molar-refractivity contribution in [3.63, 3.8) is 0 Å². The smallest absolute Gasteiger partial charge is 0.252 e. The van der Waals surface area contributed by atoms with Gasteiger partial charge in [0.2, 0.25) is 0 Å². The Kier molecular flexibility index (Phi) is 4.47. The third kappa shape index (κ3) is 3.35. The van der Waals surface area contributed by atoms with Crippen LogP contribution in [0.3, 0.4) is 0 Å². The van der Waals surface area contributed by atoms with Crippen LogP contribution in [0.4, 0.5) is 34.1 Å². The molecular weight excluding hydrogens is 473 g/mol. The van der Waals surface area contributed by atoms with Crippen LogP contribution >= 0.6 is 0 Å². The van der Waals surface area contributed by atoms with Crippen LogP contribution in [0.2, 0.25) is 0 Å². The highest BCUT2D eigenvalue weighted by Crippen LogP contribution is 2.45. The highest BCUT2D eigenvalue weighted by molar-refractivity contribution is 7.00. The summed E-state index contributed by atoms with van der Waals surface area (Å²) in [6.45, 7) is -0.0360. The number of nitrogens with zero attached hydrogens (tertiary/aromatic N) is 3. The molecule has 0 radical (unpaired) electrons. The minimum atomic E-state index is -0.0360. The maximum Gasteiger partial charge on any atom is 0.252 e. The Morgan fingerprint density at radius 3 is 1.87 bits per heavy atom. The van der Waals surface area contributed by atoms with Gasteiger partial charge in [0.05, 0.1) is 2.74 Å². The maximum absolute atomic E-state index is 8.60. The van der Waals surface area contributed by atoms with Crippen LogP contribution in [0.15, 0.2) is 146 Å². The molecule has 0 aliphatic carbocycles. The molecule has 4 heteroatoms. The molecule has 0 spiro atoms. The van der Waals surface area contributed by atoms with Crippen molar-refractivity contribution in [2.24, 2.45) is 0 Å². The summed E-state index contributed by atoms with van der Waals surface area (Å²) in [4.78, 5) is 9.09. The van der Waals surface area contributed by atoms with Crippen LogP contribution in [0.5, 0.6) is 0 Å². The largest absolute Gasteiger partial charge is 0.311 e. The summed E-state index contributed by atoms with van der Waals surface area (Å²) in [5.41, 5.74) is 12.1. The van der Waals surface area contributed by atoms with Gasteiger partial charge in [-0.1, -0.05) is 78.8 Å². The number of para-hydroxylation sites is 4. The van der Waals surface area contributed by atoms with Crippen molar-refractivity contribution in [2.75, 3.05) is 9.80 Å². The zero-order chi connectivity index (χ0) is 27.5. The topological polar surface area (TPSA) is 19.4 Å². The molecule has 0 N–H and O–H groups in total. The Bertz CT molecular complexity index is 1930. The predicted molar refractivity (Wildman–Crippen MR) is 164 cm³/mol. The number of anilines is 6. The lowest BCUT2D eigenvalue weighted by Crippen LogP contribution is -2.61. The van der Waals surface area contributed by atoms with Gasteiger partial charge in [-0.2, -0.15) is 0 Å². The molecule has 0 atom stereocenters. The molecule has 8 rings (SSSR count). The molecule has 2 aliphatic rings. The molecule has 1 aromatic heterocycles. The van der Waals surface area contributed by atoms with Gasteiger partial charge in [0, 0.05) is 52.1 Å². The van der Waals surface area contributed by atoms with Crippen LogP contribution in [-0.4, -0.2) is 11.7 Å². The molecule has 3 nitrogen and oxygen atoms in total. The van der Waals surface area contributed by atoms with Gasteiger partial charge in [0.15, 0.2) is 0 Å². The number of fused-ring (bicyclic) bond motifs is 4. The molecule has 182 valence electrons. The predicted octanol–water partition coefficient (Wildman–Crippen LogP) is 6.83. The molecule has 0 saturated carbocycles.